The summed E-state index contributed by atoms with van der Waals surface area (Å²) in [7, 11) is 0. The van der Waals surface area contributed by atoms with Crippen LogP contribution in [0.3, 0.4) is 0 Å². The maximum Gasteiger partial charge on any atom is 0.222 e. The van der Waals surface area contributed by atoms with E-state index >= 15 is 0 Å². The first-order valence-corrected chi connectivity index (χ1v) is 10.2. The van der Waals surface area contributed by atoms with Gasteiger partial charge in [-0.25, -0.2) is 4.39 Å². The van der Waals surface area contributed by atoms with E-state index in [2.05, 4.69) is 11.9 Å². The molecule has 1 fully saturated rings. The van der Waals surface area contributed by atoms with Crippen LogP contribution < -0.4 is 5.43 Å². The summed E-state index contributed by atoms with van der Waals surface area (Å²) in [4.78, 5) is 29.8. The van der Waals surface area contributed by atoms with E-state index in [4.69, 9.17) is 4.74 Å². The van der Waals surface area contributed by atoms with Crippen molar-refractivity contribution < 1.29 is 13.9 Å². The SMILES string of the molecule is CCCCCC(=O)N1CCC(OCc2[nH]c3ccc(F)cc3c(=O)c2C)CC1. The highest BCUT2D eigenvalue weighted by Gasteiger charge is 2.23. The molecule has 152 valence electrons. The van der Waals surface area contributed by atoms with Gasteiger partial charge in [0.15, 0.2) is 5.43 Å². The lowest BCUT2D eigenvalue weighted by Crippen LogP contribution is -2.40. The Morgan fingerprint density at radius 1 is 1.29 bits per heavy atom. The number of nitrogens with zero attached hydrogens (tertiary/aromatic N) is 1. The molecule has 1 saturated heterocycles. The largest absolute Gasteiger partial charge is 0.372 e. The Morgan fingerprint density at radius 2 is 2.04 bits per heavy atom. The molecule has 1 aliphatic rings. The van der Waals surface area contributed by atoms with Crippen molar-refractivity contribution in [2.24, 2.45) is 0 Å². The zero-order chi connectivity index (χ0) is 20.1. The standard InChI is InChI=1S/C22H29FN2O3/c1-3-4-5-6-21(26)25-11-9-17(10-12-25)28-14-20-15(2)22(27)18-13-16(23)7-8-19(18)24-20/h7-8,13,17H,3-6,9-12,14H2,1-2H3,(H,24,27). The molecule has 0 saturated carbocycles. The summed E-state index contributed by atoms with van der Waals surface area (Å²) >= 11 is 0. The van der Waals surface area contributed by atoms with E-state index in [0.29, 0.717) is 29.5 Å². The molecule has 2 aromatic rings. The van der Waals surface area contributed by atoms with Gasteiger partial charge in [0.1, 0.15) is 5.82 Å². The number of ether oxygens (including phenoxy) is 1. The number of likely N-dealkylation sites (tertiary alicyclic amines) is 1. The van der Waals surface area contributed by atoms with Gasteiger partial charge in [0.05, 0.1) is 12.7 Å². The number of amides is 1. The van der Waals surface area contributed by atoms with Crippen LogP contribution in [0.4, 0.5) is 4.39 Å². The van der Waals surface area contributed by atoms with Crippen LogP contribution in [-0.2, 0) is 16.1 Å². The predicted molar refractivity (Wildman–Crippen MR) is 108 cm³/mol. The molecule has 1 aliphatic heterocycles. The zero-order valence-electron chi connectivity index (χ0n) is 16.7. The molecule has 0 spiro atoms. The van der Waals surface area contributed by atoms with Gasteiger partial charge in [-0.2, -0.15) is 0 Å². The molecule has 2 heterocycles. The summed E-state index contributed by atoms with van der Waals surface area (Å²) in [6, 6.07) is 4.18. The van der Waals surface area contributed by atoms with Crippen LogP contribution in [-0.4, -0.2) is 35.0 Å². The third kappa shape index (κ3) is 4.79. The van der Waals surface area contributed by atoms with Gasteiger partial charge in [-0.15, -0.1) is 0 Å². The number of hydrogen-bond donors (Lipinski definition) is 1. The molecule has 1 aromatic carbocycles. The van der Waals surface area contributed by atoms with Gasteiger partial charge in [0.25, 0.3) is 0 Å². The van der Waals surface area contributed by atoms with Crippen molar-refractivity contribution in [1.29, 1.82) is 0 Å². The Bertz CT molecular complexity index is 885. The number of nitrogens with one attached hydrogen (secondary N) is 1. The number of aromatic nitrogens is 1. The van der Waals surface area contributed by atoms with E-state index in [0.717, 1.165) is 50.9 Å². The van der Waals surface area contributed by atoms with Gasteiger partial charge in [-0.1, -0.05) is 19.8 Å². The van der Waals surface area contributed by atoms with Gasteiger partial charge in [-0.3, -0.25) is 9.59 Å². The van der Waals surface area contributed by atoms with E-state index in [9.17, 15) is 14.0 Å². The molecule has 0 radical (unpaired) electrons. The first kappa shape index (κ1) is 20.5. The van der Waals surface area contributed by atoms with Crippen LogP contribution in [0.1, 0.15) is 56.7 Å². The molecular formula is C22H29FN2O3. The quantitative estimate of drug-likeness (QED) is 0.728. The van der Waals surface area contributed by atoms with Crippen LogP contribution in [0.2, 0.25) is 0 Å². The van der Waals surface area contributed by atoms with Gasteiger partial charge in [0.2, 0.25) is 5.91 Å². The van der Waals surface area contributed by atoms with Crippen LogP contribution in [0.25, 0.3) is 10.9 Å². The Hall–Kier alpha value is -2.21. The molecule has 28 heavy (non-hydrogen) atoms. The van der Waals surface area contributed by atoms with Crippen molar-refractivity contribution in [1.82, 2.24) is 9.88 Å². The van der Waals surface area contributed by atoms with Crippen molar-refractivity contribution in [3.8, 4) is 0 Å². The van der Waals surface area contributed by atoms with Crippen molar-refractivity contribution in [3.05, 3.63) is 45.5 Å². The van der Waals surface area contributed by atoms with Crippen LogP contribution >= 0.6 is 0 Å². The molecule has 6 heteroatoms. The first-order valence-electron chi connectivity index (χ1n) is 10.2. The number of rotatable bonds is 7. The molecule has 5 nitrogen and oxygen atoms in total. The number of pyridine rings is 1. The van der Waals surface area contributed by atoms with Crippen molar-refractivity contribution in [2.75, 3.05) is 13.1 Å². The normalized spacial score (nSPS) is 15.3. The lowest BCUT2D eigenvalue weighted by atomic mass is 10.1. The van der Waals surface area contributed by atoms with Crippen molar-refractivity contribution in [2.45, 2.75) is 65.1 Å². The zero-order valence-corrected chi connectivity index (χ0v) is 16.7. The highest BCUT2D eigenvalue weighted by molar-refractivity contribution is 5.79. The average molecular weight is 388 g/mol. The first-order chi connectivity index (χ1) is 13.5. The van der Waals surface area contributed by atoms with Gasteiger partial charge < -0.3 is 14.6 Å². The second-order valence-electron chi connectivity index (χ2n) is 7.60. The fourth-order valence-corrected chi connectivity index (χ4v) is 3.71. The molecule has 0 unspecified atom stereocenters. The summed E-state index contributed by atoms with van der Waals surface area (Å²) in [5.41, 5.74) is 1.73. The van der Waals surface area contributed by atoms with Crippen LogP contribution in [0.5, 0.6) is 0 Å². The number of hydrogen-bond acceptors (Lipinski definition) is 3. The number of carbonyl (C=O) groups excluding carboxylic acids is 1. The summed E-state index contributed by atoms with van der Waals surface area (Å²) in [6.45, 7) is 5.63. The second-order valence-corrected chi connectivity index (χ2v) is 7.60. The molecule has 1 aromatic heterocycles. The van der Waals surface area contributed by atoms with E-state index in [1.807, 2.05) is 4.90 Å². The molecule has 0 bridgehead atoms. The van der Waals surface area contributed by atoms with E-state index in [1.165, 1.54) is 12.1 Å². The summed E-state index contributed by atoms with van der Waals surface area (Å²) in [6.07, 6.45) is 5.51. The highest BCUT2D eigenvalue weighted by Crippen LogP contribution is 2.19. The van der Waals surface area contributed by atoms with Crippen molar-refractivity contribution >= 4 is 16.8 Å². The fourth-order valence-electron chi connectivity index (χ4n) is 3.71. The molecule has 0 atom stereocenters. The average Bonchev–Trinajstić information content (AvgIpc) is 2.70. The third-order valence-electron chi connectivity index (χ3n) is 5.56. The maximum atomic E-state index is 13.4. The minimum atomic E-state index is -0.419. The number of carbonyl (C=O) groups is 1. The monoisotopic (exact) mass is 388 g/mol. The Labute approximate surface area is 164 Å². The Kier molecular flexibility index (Phi) is 6.83. The summed E-state index contributed by atoms with van der Waals surface area (Å²) < 4.78 is 19.4. The minimum absolute atomic E-state index is 0.0755. The van der Waals surface area contributed by atoms with E-state index in [1.54, 1.807) is 13.0 Å². The molecule has 1 N–H and O–H groups in total. The summed E-state index contributed by atoms with van der Waals surface area (Å²) in [5.74, 6) is -0.175. The maximum absolute atomic E-state index is 13.4. The van der Waals surface area contributed by atoms with Crippen LogP contribution in [0.15, 0.2) is 23.0 Å². The molecule has 0 aliphatic carbocycles. The lowest BCUT2D eigenvalue weighted by molar-refractivity contribution is -0.134. The number of H-pyrrole nitrogens is 1. The van der Waals surface area contributed by atoms with E-state index < -0.39 is 5.82 Å². The number of fused-ring (bicyclic) bond motifs is 1. The number of unbranched alkanes of at least 4 members (excludes halogenated alkanes) is 2. The minimum Gasteiger partial charge on any atom is -0.372 e. The summed E-state index contributed by atoms with van der Waals surface area (Å²) in [5, 5.41) is 0.358. The lowest BCUT2D eigenvalue weighted by Gasteiger charge is -2.32. The fraction of sp³-hybridized carbons (Fsp3) is 0.545. The number of halogens is 1. The number of aromatic amines is 1. The number of piperidine rings is 1. The highest BCUT2D eigenvalue weighted by atomic mass is 19.1. The van der Waals surface area contributed by atoms with Crippen LogP contribution in [0, 0.1) is 12.7 Å². The molecule has 1 amide bonds. The number of benzene rings is 1. The predicted octanol–water partition coefficient (Wildman–Crippen LogP) is 4.06. The van der Waals surface area contributed by atoms with Crippen molar-refractivity contribution in [3.63, 3.8) is 0 Å². The smallest absolute Gasteiger partial charge is 0.222 e. The second kappa shape index (κ2) is 9.32. The van der Waals surface area contributed by atoms with E-state index in [-0.39, 0.29) is 17.4 Å². The third-order valence-corrected chi connectivity index (χ3v) is 5.56. The Balaban J connectivity index is 1.56. The Morgan fingerprint density at radius 3 is 2.75 bits per heavy atom. The van der Waals surface area contributed by atoms with Gasteiger partial charge in [0, 0.05) is 41.7 Å². The van der Waals surface area contributed by atoms with Gasteiger partial charge in [-0.05, 0) is 44.4 Å². The van der Waals surface area contributed by atoms with Gasteiger partial charge >= 0.3 is 0 Å². The molecule has 3 rings (SSSR count). The molecular weight excluding hydrogens is 359 g/mol. The topological polar surface area (TPSA) is 62.4 Å².